The summed E-state index contributed by atoms with van der Waals surface area (Å²) in [4.78, 5) is 11.7. The summed E-state index contributed by atoms with van der Waals surface area (Å²) >= 11 is 16.3. The molecule has 0 heterocycles. The lowest BCUT2D eigenvalue weighted by Gasteiger charge is -2.13. The smallest absolute Gasteiger partial charge is 0.319 e. The molecule has 92 valence electrons. The first-order valence-corrected chi connectivity index (χ1v) is 5.88. The number of hydrogen-bond acceptors (Lipinski definition) is 2. The minimum absolute atomic E-state index is 0.212. The van der Waals surface area contributed by atoms with E-state index in [-0.39, 0.29) is 11.0 Å². The van der Waals surface area contributed by atoms with Gasteiger partial charge in [-0.05, 0) is 25.1 Å². The third-order valence-electron chi connectivity index (χ3n) is 1.89. The van der Waals surface area contributed by atoms with Gasteiger partial charge in [0.15, 0.2) is 0 Å². The Bertz CT molecular complexity index is 433. The molecule has 0 aromatic heterocycles. The lowest BCUT2D eigenvalue weighted by molar-refractivity contribution is 0.251. The summed E-state index contributed by atoms with van der Waals surface area (Å²) in [5, 5.41) is 6.02. The number of amides is 2. The lowest BCUT2D eigenvalue weighted by Crippen LogP contribution is -2.43. The van der Waals surface area contributed by atoms with Crippen LogP contribution in [0.3, 0.4) is 0 Å². The van der Waals surface area contributed by atoms with Crippen molar-refractivity contribution in [3.8, 4) is 0 Å². The molecule has 0 bridgehead atoms. The molecule has 1 atom stereocenters. The van der Waals surface area contributed by atoms with Crippen LogP contribution in [-0.4, -0.2) is 17.1 Å². The zero-order valence-corrected chi connectivity index (χ0v) is 11.3. The van der Waals surface area contributed by atoms with E-state index in [9.17, 15) is 4.79 Å². The van der Waals surface area contributed by atoms with Crippen LogP contribution in [0.25, 0.3) is 0 Å². The van der Waals surface area contributed by atoms with Crippen LogP contribution >= 0.6 is 35.4 Å². The fourth-order valence-corrected chi connectivity index (χ4v) is 1.65. The molecule has 4 nitrogen and oxygen atoms in total. The minimum Gasteiger partial charge on any atom is -0.392 e. The molecule has 0 aliphatic rings. The molecule has 1 rings (SSSR count). The summed E-state index contributed by atoms with van der Waals surface area (Å²) in [5.41, 5.74) is 5.87. The highest BCUT2D eigenvalue weighted by molar-refractivity contribution is 7.80. The average Bonchev–Trinajstić information content (AvgIpc) is 2.14. The minimum atomic E-state index is -0.427. The van der Waals surface area contributed by atoms with E-state index in [1.165, 1.54) is 0 Å². The van der Waals surface area contributed by atoms with Crippen LogP contribution in [0.5, 0.6) is 0 Å². The van der Waals surface area contributed by atoms with E-state index in [4.69, 9.17) is 41.2 Å². The van der Waals surface area contributed by atoms with Gasteiger partial charge in [-0.25, -0.2) is 4.79 Å². The highest BCUT2D eigenvalue weighted by Gasteiger charge is 2.09. The van der Waals surface area contributed by atoms with E-state index >= 15 is 0 Å². The summed E-state index contributed by atoms with van der Waals surface area (Å²) in [6, 6.07) is 3.92. The zero-order chi connectivity index (χ0) is 13.0. The van der Waals surface area contributed by atoms with Crippen molar-refractivity contribution in [3.05, 3.63) is 28.2 Å². The molecule has 1 aromatic rings. The van der Waals surface area contributed by atoms with Gasteiger partial charge in [0, 0.05) is 15.7 Å². The van der Waals surface area contributed by atoms with Crippen molar-refractivity contribution in [2.24, 2.45) is 5.73 Å². The molecular weight excluding hydrogens is 281 g/mol. The van der Waals surface area contributed by atoms with Gasteiger partial charge in [0.2, 0.25) is 0 Å². The molecule has 2 amide bonds. The highest BCUT2D eigenvalue weighted by atomic mass is 35.5. The van der Waals surface area contributed by atoms with Crippen LogP contribution in [0.1, 0.15) is 6.92 Å². The fourth-order valence-electron chi connectivity index (χ4n) is 1.06. The van der Waals surface area contributed by atoms with Crippen LogP contribution in [0.2, 0.25) is 10.0 Å². The van der Waals surface area contributed by atoms with Crippen molar-refractivity contribution in [1.29, 1.82) is 0 Å². The number of hydrogen-bond donors (Lipinski definition) is 3. The summed E-state index contributed by atoms with van der Waals surface area (Å²) < 4.78 is 0. The van der Waals surface area contributed by atoms with Crippen LogP contribution < -0.4 is 16.4 Å². The summed E-state index contributed by atoms with van der Waals surface area (Å²) in [5.74, 6) is 0. The maximum Gasteiger partial charge on any atom is 0.319 e. The van der Waals surface area contributed by atoms with E-state index in [1.807, 2.05) is 0 Å². The Balaban J connectivity index is 2.65. The van der Waals surface area contributed by atoms with E-state index < -0.39 is 6.03 Å². The number of anilines is 1. The SMILES string of the molecule is CC(NC(=O)Nc1cc(Cl)cc(Cl)c1)C(N)=S. The van der Waals surface area contributed by atoms with Crippen molar-refractivity contribution in [2.45, 2.75) is 13.0 Å². The third-order valence-corrected chi connectivity index (χ3v) is 2.68. The first kappa shape index (κ1) is 14.0. The Morgan fingerprint density at radius 2 is 1.88 bits per heavy atom. The first-order chi connectivity index (χ1) is 7.88. The second-order valence-electron chi connectivity index (χ2n) is 3.38. The van der Waals surface area contributed by atoms with Gasteiger partial charge in [0.25, 0.3) is 0 Å². The van der Waals surface area contributed by atoms with Crippen LogP contribution in [0.4, 0.5) is 10.5 Å². The van der Waals surface area contributed by atoms with Gasteiger partial charge in [0.1, 0.15) is 0 Å². The standard InChI is InChI=1S/C10H11Cl2N3OS/c1-5(9(13)17)14-10(16)15-8-3-6(11)2-7(12)4-8/h2-5H,1H3,(H2,13,17)(H2,14,15,16). The summed E-state index contributed by atoms with van der Waals surface area (Å²) in [6.07, 6.45) is 0. The molecule has 0 radical (unpaired) electrons. The Morgan fingerprint density at radius 3 is 2.35 bits per heavy atom. The van der Waals surface area contributed by atoms with Gasteiger partial charge in [0.05, 0.1) is 11.0 Å². The van der Waals surface area contributed by atoms with Crippen LogP contribution in [0.15, 0.2) is 18.2 Å². The van der Waals surface area contributed by atoms with E-state index in [1.54, 1.807) is 25.1 Å². The Kier molecular flexibility index (Phi) is 4.99. The van der Waals surface area contributed by atoms with Crippen LogP contribution in [-0.2, 0) is 0 Å². The number of nitrogens with two attached hydrogens (primary N) is 1. The monoisotopic (exact) mass is 291 g/mol. The Labute approximate surface area is 114 Å². The second kappa shape index (κ2) is 6.05. The molecule has 17 heavy (non-hydrogen) atoms. The van der Waals surface area contributed by atoms with Gasteiger partial charge in [-0.3, -0.25) is 0 Å². The maximum absolute atomic E-state index is 11.5. The molecule has 0 aliphatic heterocycles. The van der Waals surface area contributed by atoms with Gasteiger partial charge in [-0.1, -0.05) is 35.4 Å². The van der Waals surface area contributed by atoms with Crippen molar-refractivity contribution < 1.29 is 4.79 Å². The number of urea groups is 1. The molecule has 1 unspecified atom stereocenters. The third kappa shape index (κ3) is 4.77. The highest BCUT2D eigenvalue weighted by Crippen LogP contribution is 2.22. The maximum atomic E-state index is 11.5. The molecule has 7 heteroatoms. The lowest BCUT2D eigenvalue weighted by atomic mass is 10.3. The summed E-state index contributed by atoms with van der Waals surface area (Å²) in [7, 11) is 0. The number of carbonyl (C=O) groups excluding carboxylic acids is 1. The predicted octanol–water partition coefficient (Wildman–Crippen LogP) is 2.79. The van der Waals surface area contributed by atoms with E-state index in [2.05, 4.69) is 10.6 Å². The molecule has 0 spiro atoms. The Hall–Kier alpha value is -1.04. The van der Waals surface area contributed by atoms with Gasteiger partial charge in [-0.15, -0.1) is 0 Å². The normalized spacial score (nSPS) is 11.7. The number of benzene rings is 1. The number of thiocarbonyl (C=S) groups is 1. The zero-order valence-electron chi connectivity index (χ0n) is 8.96. The van der Waals surface area contributed by atoms with E-state index in [0.717, 1.165) is 0 Å². The second-order valence-corrected chi connectivity index (χ2v) is 4.72. The predicted molar refractivity (Wildman–Crippen MR) is 74.9 cm³/mol. The van der Waals surface area contributed by atoms with Gasteiger partial charge < -0.3 is 16.4 Å². The topological polar surface area (TPSA) is 67.2 Å². The average molecular weight is 292 g/mol. The molecule has 4 N–H and O–H groups in total. The molecule has 1 aromatic carbocycles. The summed E-state index contributed by atoms with van der Waals surface area (Å²) in [6.45, 7) is 1.69. The number of nitrogens with one attached hydrogen (secondary N) is 2. The van der Waals surface area contributed by atoms with Crippen molar-refractivity contribution in [2.75, 3.05) is 5.32 Å². The molecule has 0 saturated heterocycles. The van der Waals surface area contributed by atoms with Crippen molar-refractivity contribution in [3.63, 3.8) is 0 Å². The Morgan fingerprint density at radius 1 is 1.35 bits per heavy atom. The molecule has 0 fully saturated rings. The van der Waals surface area contributed by atoms with Crippen molar-refractivity contribution >= 4 is 52.1 Å². The van der Waals surface area contributed by atoms with Crippen molar-refractivity contribution in [1.82, 2.24) is 5.32 Å². The number of rotatable bonds is 3. The number of carbonyl (C=O) groups is 1. The largest absolute Gasteiger partial charge is 0.392 e. The molecule has 0 aliphatic carbocycles. The first-order valence-electron chi connectivity index (χ1n) is 4.71. The quantitative estimate of drug-likeness (QED) is 0.750. The molecular formula is C10H11Cl2N3OS. The molecule has 0 saturated carbocycles. The van der Waals surface area contributed by atoms with Crippen LogP contribution in [0, 0.1) is 0 Å². The number of halogens is 2. The van der Waals surface area contributed by atoms with E-state index in [0.29, 0.717) is 15.7 Å². The fraction of sp³-hybridized carbons (Fsp3) is 0.200. The van der Waals surface area contributed by atoms with Gasteiger partial charge >= 0.3 is 6.03 Å². The van der Waals surface area contributed by atoms with Gasteiger partial charge in [-0.2, -0.15) is 0 Å².